The fourth-order valence-electron chi connectivity index (χ4n) is 2.70. The van der Waals surface area contributed by atoms with Crippen LogP contribution in [0.25, 0.3) is 0 Å². The molecule has 24 heavy (non-hydrogen) atoms. The molecule has 1 saturated carbocycles. The molecule has 3 rings (SSSR count). The largest absolute Gasteiger partial charge is 0.387 e. The van der Waals surface area contributed by atoms with Crippen molar-refractivity contribution >= 4 is 5.91 Å². The van der Waals surface area contributed by atoms with Gasteiger partial charge in [-0.1, -0.05) is 18.2 Å². The average molecular weight is 328 g/mol. The number of rotatable bonds is 6. The summed E-state index contributed by atoms with van der Waals surface area (Å²) < 4.78 is 13.0. The fraction of sp³-hybridized carbons (Fsp3) is 0.368. The van der Waals surface area contributed by atoms with Crippen molar-refractivity contribution in [3.63, 3.8) is 0 Å². The molecule has 5 heteroatoms. The van der Waals surface area contributed by atoms with E-state index in [0.717, 1.165) is 24.1 Å². The molecule has 1 aliphatic rings. The highest BCUT2D eigenvalue weighted by atomic mass is 19.1. The Kier molecular flexibility index (Phi) is 4.90. The Labute approximate surface area is 141 Å². The van der Waals surface area contributed by atoms with Crippen LogP contribution >= 0.6 is 0 Å². The van der Waals surface area contributed by atoms with Gasteiger partial charge in [-0.3, -0.25) is 9.78 Å². The minimum atomic E-state index is -0.814. The number of benzene rings is 1. The van der Waals surface area contributed by atoms with E-state index in [4.69, 9.17) is 0 Å². The molecule has 0 saturated heterocycles. The van der Waals surface area contributed by atoms with Gasteiger partial charge in [-0.15, -0.1) is 0 Å². The summed E-state index contributed by atoms with van der Waals surface area (Å²) in [6, 6.07) is 9.74. The molecule has 1 aromatic heterocycles. The molecule has 4 nitrogen and oxygen atoms in total. The lowest BCUT2D eigenvalue weighted by Gasteiger charge is -2.25. The topological polar surface area (TPSA) is 53.4 Å². The first-order valence-electron chi connectivity index (χ1n) is 8.17. The van der Waals surface area contributed by atoms with Gasteiger partial charge in [0.15, 0.2) is 0 Å². The highest BCUT2D eigenvalue weighted by Crippen LogP contribution is 2.29. The molecule has 1 N–H and O–H groups in total. The summed E-state index contributed by atoms with van der Waals surface area (Å²) in [5, 5.41) is 10.4. The molecule has 0 bridgehead atoms. The van der Waals surface area contributed by atoms with Crippen LogP contribution in [0.4, 0.5) is 4.39 Å². The molecule has 0 radical (unpaired) electrons. The quantitative estimate of drug-likeness (QED) is 0.887. The highest BCUT2D eigenvalue weighted by molar-refractivity contribution is 5.79. The number of carbonyl (C=O) groups excluding carboxylic acids is 1. The summed E-state index contributed by atoms with van der Waals surface area (Å²) >= 11 is 0. The van der Waals surface area contributed by atoms with Gasteiger partial charge in [0.05, 0.1) is 19.1 Å². The van der Waals surface area contributed by atoms with E-state index in [1.165, 1.54) is 12.1 Å². The molecule has 1 amide bonds. The highest BCUT2D eigenvalue weighted by Gasteiger charge is 2.33. The van der Waals surface area contributed by atoms with E-state index in [1.54, 1.807) is 23.2 Å². The first-order chi connectivity index (χ1) is 11.5. The lowest BCUT2D eigenvalue weighted by Crippen LogP contribution is -2.37. The molecular formula is C19H21FN2O2. The number of aliphatic hydroxyl groups is 1. The third-order valence-electron chi connectivity index (χ3n) is 4.26. The number of aromatic nitrogens is 1. The molecule has 1 atom stereocenters. The Morgan fingerprint density at radius 3 is 2.58 bits per heavy atom. The van der Waals surface area contributed by atoms with Crippen LogP contribution in [-0.4, -0.2) is 33.5 Å². The van der Waals surface area contributed by atoms with Crippen LogP contribution in [-0.2, 0) is 11.2 Å². The number of hydrogen-bond donors (Lipinski definition) is 1. The zero-order valence-corrected chi connectivity index (χ0v) is 13.7. The Hall–Kier alpha value is -2.27. The molecule has 2 aromatic rings. The van der Waals surface area contributed by atoms with Crippen LogP contribution in [0, 0.1) is 12.7 Å². The summed E-state index contributed by atoms with van der Waals surface area (Å²) in [7, 11) is 0. The third kappa shape index (κ3) is 4.17. The van der Waals surface area contributed by atoms with E-state index < -0.39 is 6.10 Å². The first kappa shape index (κ1) is 16.6. The van der Waals surface area contributed by atoms with E-state index in [9.17, 15) is 14.3 Å². The van der Waals surface area contributed by atoms with Crippen molar-refractivity contribution < 1.29 is 14.3 Å². The minimum Gasteiger partial charge on any atom is -0.387 e. The average Bonchev–Trinajstić information content (AvgIpc) is 3.40. The lowest BCUT2D eigenvalue weighted by atomic mass is 10.1. The second-order valence-electron chi connectivity index (χ2n) is 6.33. The number of aliphatic hydroxyl groups excluding tert-OH is 1. The molecule has 1 aromatic carbocycles. The van der Waals surface area contributed by atoms with E-state index in [1.807, 2.05) is 19.1 Å². The maximum atomic E-state index is 13.0. The van der Waals surface area contributed by atoms with Crippen molar-refractivity contribution in [2.45, 2.75) is 38.3 Å². The molecule has 1 fully saturated rings. The van der Waals surface area contributed by atoms with Gasteiger partial charge in [-0.2, -0.15) is 0 Å². The van der Waals surface area contributed by atoms with Crippen molar-refractivity contribution in [1.82, 2.24) is 9.88 Å². The van der Waals surface area contributed by atoms with Crippen molar-refractivity contribution in [3.8, 4) is 0 Å². The number of carbonyl (C=O) groups is 1. The van der Waals surface area contributed by atoms with Gasteiger partial charge in [0, 0.05) is 17.9 Å². The summed E-state index contributed by atoms with van der Waals surface area (Å²) in [5.74, 6) is -0.350. The van der Waals surface area contributed by atoms with Crippen LogP contribution in [0.3, 0.4) is 0 Å². The Morgan fingerprint density at radius 2 is 2.00 bits per heavy atom. The van der Waals surface area contributed by atoms with Crippen molar-refractivity contribution in [2.75, 3.05) is 6.54 Å². The van der Waals surface area contributed by atoms with E-state index >= 15 is 0 Å². The molecular weight excluding hydrogens is 307 g/mol. The fourth-order valence-corrected chi connectivity index (χ4v) is 2.70. The predicted molar refractivity (Wildman–Crippen MR) is 88.8 cm³/mol. The van der Waals surface area contributed by atoms with Gasteiger partial charge in [-0.25, -0.2) is 4.39 Å². The smallest absolute Gasteiger partial charge is 0.227 e. The summed E-state index contributed by atoms with van der Waals surface area (Å²) in [5.41, 5.74) is 2.40. The Balaban J connectivity index is 1.66. The molecule has 1 unspecified atom stereocenters. The summed E-state index contributed by atoms with van der Waals surface area (Å²) in [4.78, 5) is 18.6. The number of pyridine rings is 1. The molecule has 126 valence electrons. The maximum Gasteiger partial charge on any atom is 0.227 e. The van der Waals surface area contributed by atoms with E-state index in [-0.39, 0.29) is 30.7 Å². The van der Waals surface area contributed by atoms with Gasteiger partial charge < -0.3 is 10.0 Å². The van der Waals surface area contributed by atoms with Gasteiger partial charge >= 0.3 is 0 Å². The standard InChI is InChI=1S/C19H21FN2O2/c1-13-2-3-14(11-21-13)10-19(24)22(17-8-9-17)12-18(23)15-4-6-16(20)7-5-15/h2-7,11,17-18,23H,8-10,12H2,1H3. The van der Waals surface area contributed by atoms with Crippen LogP contribution in [0.2, 0.25) is 0 Å². The molecule has 0 spiro atoms. The second kappa shape index (κ2) is 7.09. The minimum absolute atomic E-state index is 0.00989. The third-order valence-corrected chi connectivity index (χ3v) is 4.26. The van der Waals surface area contributed by atoms with Gasteiger partial charge in [0.25, 0.3) is 0 Å². The van der Waals surface area contributed by atoms with Crippen LogP contribution < -0.4 is 0 Å². The normalized spacial score (nSPS) is 15.1. The molecule has 0 aliphatic heterocycles. The van der Waals surface area contributed by atoms with Crippen molar-refractivity contribution in [2.24, 2.45) is 0 Å². The van der Waals surface area contributed by atoms with Gasteiger partial charge in [0.2, 0.25) is 5.91 Å². The predicted octanol–water partition coefficient (Wildman–Crippen LogP) is 2.80. The van der Waals surface area contributed by atoms with Crippen LogP contribution in [0.5, 0.6) is 0 Å². The Bertz CT molecular complexity index is 696. The zero-order chi connectivity index (χ0) is 17.1. The number of hydrogen-bond acceptors (Lipinski definition) is 3. The zero-order valence-electron chi connectivity index (χ0n) is 13.7. The Morgan fingerprint density at radius 1 is 1.29 bits per heavy atom. The lowest BCUT2D eigenvalue weighted by molar-refractivity contribution is -0.132. The van der Waals surface area contributed by atoms with Gasteiger partial charge in [0.1, 0.15) is 5.82 Å². The van der Waals surface area contributed by atoms with E-state index in [0.29, 0.717) is 5.56 Å². The summed E-state index contributed by atoms with van der Waals surface area (Å²) in [6.07, 6.45) is 3.11. The second-order valence-corrected chi connectivity index (χ2v) is 6.33. The van der Waals surface area contributed by atoms with Crippen LogP contribution in [0.1, 0.15) is 35.8 Å². The maximum absolute atomic E-state index is 13.0. The molecule has 1 aliphatic carbocycles. The SMILES string of the molecule is Cc1ccc(CC(=O)N(CC(O)c2ccc(F)cc2)C2CC2)cn1. The summed E-state index contributed by atoms with van der Waals surface area (Å²) in [6.45, 7) is 2.13. The monoisotopic (exact) mass is 328 g/mol. The molecule has 1 heterocycles. The van der Waals surface area contributed by atoms with Crippen molar-refractivity contribution in [3.05, 3.63) is 65.2 Å². The van der Waals surface area contributed by atoms with E-state index in [2.05, 4.69) is 4.98 Å². The van der Waals surface area contributed by atoms with Crippen LogP contribution in [0.15, 0.2) is 42.6 Å². The van der Waals surface area contributed by atoms with Gasteiger partial charge in [-0.05, 0) is 49.1 Å². The number of aryl methyl sites for hydroxylation is 1. The number of nitrogens with zero attached hydrogens (tertiary/aromatic N) is 2. The first-order valence-corrected chi connectivity index (χ1v) is 8.17. The number of halogens is 1. The number of amides is 1. The van der Waals surface area contributed by atoms with Crippen molar-refractivity contribution in [1.29, 1.82) is 0 Å².